The summed E-state index contributed by atoms with van der Waals surface area (Å²) in [6, 6.07) is 4.07. The Kier molecular flexibility index (Phi) is 4.08. The molecule has 1 aliphatic heterocycles. The van der Waals surface area contributed by atoms with Crippen LogP contribution in [0.4, 0.5) is 19.0 Å². The number of aromatic nitrogens is 3. The van der Waals surface area contributed by atoms with E-state index in [0.29, 0.717) is 30.0 Å². The van der Waals surface area contributed by atoms with Crippen LogP contribution in [0, 0.1) is 5.92 Å². The molecule has 9 heteroatoms. The molecule has 0 unspecified atom stereocenters. The van der Waals surface area contributed by atoms with E-state index in [4.69, 9.17) is 5.11 Å². The van der Waals surface area contributed by atoms with Gasteiger partial charge in [0.1, 0.15) is 5.69 Å². The maximum absolute atomic E-state index is 12.8. The van der Waals surface area contributed by atoms with Gasteiger partial charge in [-0.1, -0.05) is 0 Å². The number of hydrogen-bond acceptors (Lipinski definition) is 5. The molecule has 2 aromatic rings. The first-order valence-corrected chi connectivity index (χ1v) is 7.16. The Hall–Kier alpha value is -2.71. The number of nitrogens with zero attached hydrogens (tertiary/aromatic N) is 4. The second-order valence-corrected chi connectivity index (χ2v) is 5.60. The second-order valence-electron chi connectivity index (χ2n) is 5.60. The minimum Gasteiger partial charge on any atom is -0.481 e. The summed E-state index contributed by atoms with van der Waals surface area (Å²) >= 11 is 0. The summed E-state index contributed by atoms with van der Waals surface area (Å²) < 4.78 is 38.3. The Bertz CT molecular complexity index is 760. The highest BCUT2D eigenvalue weighted by atomic mass is 19.4. The Labute approximate surface area is 135 Å². The molecule has 126 valence electrons. The maximum Gasteiger partial charge on any atom is 0.433 e. The summed E-state index contributed by atoms with van der Waals surface area (Å²) in [4.78, 5) is 15.8. The fourth-order valence-electron chi connectivity index (χ4n) is 2.57. The summed E-state index contributed by atoms with van der Waals surface area (Å²) in [6.45, 7) is 1.07. The van der Waals surface area contributed by atoms with Gasteiger partial charge in [-0.15, -0.1) is 5.10 Å². The van der Waals surface area contributed by atoms with E-state index in [0.717, 1.165) is 12.3 Å². The van der Waals surface area contributed by atoms with Crippen LogP contribution >= 0.6 is 0 Å². The minimum atomic E-state index is -4.51. The molecular weight excluding hydrogens is 325 g/mol. The molecule has 0 aromatic carbocycles. The molecular formula is C15H13F3N4O2. The topological polar surface area (TPSA) is 79.2 Å². The van der Waals surface area contributed by atoms with Gasteiger partial charge in [-0.05, 0) is 23.8 Å². The van der Waals surface area contributed by atoms with E-state index in [9.17, 15) is 18.0 Å². The molecule has 3 rings (SSSR count). The molecule has 24 heavy (non-hydrogen) atoms. The van der Waals surface area contributed by atoms with E-state index in [2.05, 4.69) is 15.2 Å². The van der Waals surface area contributed by atoms with Crippen LogP contribution in [-0.4, -0.2) is 39.3 Å². The minimum absolute atomic E-state index is 0.0470. The Balaban J connectivity index is 1.78. The first-order chi connectivity index (χ1) is 11.3. The lowest BCUT2D eigenvalue weighted by atomic mass is 9.96. The highest BCUT2D eigenvalue weighted by Crippen LogP contribution is 2.32. The van der Waals surface area contributed by atoms with E-state index >= 15 is 0 Å². The zero-order valence-corrected chi connectivity index (χ0v) is 12.4. The molecule has 0 saturated carbocycles. The first-order valence-electron chi connectivity index (χ1n) is 7.16. The average molecular weight is 338 g/mol. The van der Waals surface area contributed by atoms with Crippen LogP contribution in [0.15, 0.2) is 30.6 Å². The second kappa shape index (κ2) is 6.06. The van der Waals surface area contributed by atoms with Crippen molar-refractivity contribution < 1.29 is 23.1 Å². The standard InChI is InChI=1S/C15H13F3N4O2/c16-15(17,18)12-4-10(1-2-19-12)11-5-13(21-20-6-11)22-7-9(8-22)3-14(23)24/h1-2,4-6,9H,3,7-8H2,(H,23,24). The molecule has 6 nitrogen and oxygen atoms in total. The third-order valence-corrected chi connectivity index (χ3v) is 3.77. The third kappa shape index (κ3) is 3.44. The van der Waals surface area contributed by atoms with Crippen molar-refractivity contribution in [1.82, 2.24) is 15.2 Å². The number of rotatable bonds is 4. The number of halogens is 3. The number of carbonyl (C=O) groups is 1. The number of anilines is 1. The van der Waals surface area contributed by atoms with Gasteiger partial charge in [0.25, 0.3) is 0 Å². The predicted molar refractivity (Wildman–Crippen MR) is 78.2 cm³/mol. The lowest BCUT2D eigenvalue weighted by Crippen LogP contribution is -2.48. The molecule has 0 spiro atoms. The zero-order valence-electron chi connectivity index (χ0n) is 12.4. The molecule has 1 saturated heterocycles. The van der Waals surface area contributed by atoms with Crippen LogP contribution in [0.2, 0.25) is 0 Å². The number of alkyl halides is 3. The summed E-state index contributed by atoms with van der Waals surface area (Å²) in [5.74, 6) is -0.291. The van der Waals surface area contributed by atoms with Crippen molar-refractivity contribution in [2.24, 2.45) is 5.92 Å². The van der Waals surface area contributed by atoms with Crippen LogP contribution in [-0.2, 0) is 11.0 Å². The monoisotopic (exact) mass is 338 g/mol. The lowest BCUT2D eigenvalue weighted by molar-refractivity contribution is -0.141. The Morgan fingerprint density at radius 1 is 1.29 bits per heavy atom. The van der Waals surface area contributed by atoms with Crippen molar-refractivity contribution in [3.05, 3.63) is 36.3 Å². The van der Waals surface area contributed by atoms with E-state index in [1.807, 2.05) is 4.90 Å². The molecule has 0 amide bonds. The van der Waals surface area contributed by atoms with Crippen molar-refractivity contribution in [3.63, 3.8) is 0 Å². The quantitative estimate of drug-likeness (QED) is 0.923. The predicted octanol–water partition coefficient (Wildman–Crippen LogP) is 2.47. The molecule has 1 aliphatic rings. The van der Waals surface area contributed by atoms with Gasteiger partial charge in [-0.25, -0.2) is 0 Å². The van der Waals surface area contributed by atoms with Gasteiger partial charge in [-0.3, -0.25) is 9.78 Å². The van der Waals surface area contributed by atoms with Crippen molar-refractivity contribution in [2.45, 2.75) is 12.6 Å². The fourth-order valence-corrected chi connectivity index (χ4v) is 2.57. The molecule has 2 aromatic heterocycles. The van der Waals surface area contributed by atoms with Gasteiger partial charge in [-0.2, -0.15) is 18.3 Å². The van der Waals surface area contributed by atoms with Gasteiger partial charge in [0.05, 0.1) is 12.6 Å². The number of hydrogen-bond donors (Lipinski definition) is 1. The van der Waals surface area contributed by atoms with Gasteiger partial charge in [0, 0.05) is 30.8 Å². The Morgan fingerprint density at radius 3 is 2.71 bits per heavy atom. The van der Waals surface area contributed by atoms with E-state index < -0.39 is 17.8 Å². The van der Waals surface area contributed by atoms with Crippen molar-refractivity contribution in [3.8, 4) is 11.1 Å². The van der Waals surface area contributed by atoms with Crippen LogP contribution in [0.3, 0.4) is 0 Å². The summed E-state index contributed by atoms with van der Waals surface area (Å²) in [5, 5.41) is 16.5. The highest BCUT2D eigenvalue weighted by Gasteiger charge is 2.33. The van der Waals surface area contributed by atoms with Crippen LogP contribution in [0.5, 0.6) is 0 Å². The molecule has 0 atom stereocenters. The van der Waals surface area contributed by atoms with Crippen LogP contribution < -0.4 is 4.90 Å². The van der Waals surface area contributed by atoms with Crippen LogP contribution in [0.1, 0.15) is 12.1 Å². The average Bonchev–Trinajstić information content (AvgIpc) is 2.50. The number of pyridine rings is 1. The molecule has 0 radical (unpaired) electrons. The number of carboxylic acids is 1. The SMILES string of the molecule is O=C(O)CC1CN(c2cc(-c3ccnc(C(F)(F)F)c3)cnn2)C1. The van der Waals surface area contributed by atoms with Gasteiger partial charge in [0.2, 0.25) is 0 Å². The smallest absolute Gasteiger partial charge is 0.433 e. The normalized spacial score (nSPS) is 15.2. The zero-order chi connectivity index (χ0) is 17.3. The van der Waals surface area contributed by atoms with Gasteiger partial charge < -0.3 is 10.0 Å². The first kappa shape index (κ1) is 16.2. The van der Waals surface area contributed by atoms with E-state index in [-0.39, 0.29) is 12.3 Å². The van der Waals surface area contributed by atoms with Gasteiger partial charge >= 0.3 is 12.1 Å². The maximum atomic E-state index is 12.8. The highest BCUT2D eigenvalue weighted by molar-refractivity contribution is 5.68. The van der Waals surface area contributed by atoms with Crippen LogP contribution in [0.25, 0.3) is 11.1 Å². The fraction of sp³-hybridized carbons (Fsp3) is 0.333. The number of carboxylic acid groups (broad SMARTS) is 1. The number of aliphatic carboxylic acids is 1. The lowest BCUT2D eigenvalue weighted by Gasteiger charge is -2.39. The summed E-state index contributed by atoms with van der Waals surface area (Å²) in [6.07, 6.45) is -1.94. The molecule has 1 fully saturated rings. The van der Waals surface area contributed by atoms with Crippen molar-refractivity contribution in [1.29, 1.82) is 0 Å². The van der Waals surface area contributed by atoms with Crippen molar-refractivity contribution in [2.75, 3.05) is 18.0 Å². The third-order valence-electron chi connectivity index (χ3n) is 3.77. The largest absolute Gasteiger partial charge is 0.481 e. The van der Waals surface area contributed by atoms with Crippen molar-refractivity contribution >= 4 is 11.8 Å². The molecule has 0 aliphatic carbocycles. The summed E-state index contributed by atoms with van der Waals surface area (Å²) in [7, 11) is 0. The van der Waals surface area contributed by atoms with Gasteiger partial charge in [0.15, 0.2) is 5.82 Å². The summed E-state index contributed by atoms with van der Waals surface area (Å²) in [5.41, 5.74) is -0.130. The molecule has 1 N–H and O–H groups in total. The van der Waals surface area contributed by atoms with E-state index in [1.165, 1.54) is 12.3 Å². The van der Waals surface area contributed by atoms with E-state index in [1.54, 1.807) is 6.07 Å². The molecule has 3 heterocycles. The Morgan fingerprint density at radius 2 is 2.04 bits per heavy atom. The molecule has 0 bridgehead atoms.